The van der Waals surface area contributed by atoms with E-state index in [-0.39, 0.29) is 33.0 Å². The molecule has 2 rings (SSSR count). The Morgan fingerprint density at radius 3 is 2.48 bits per heavy atom. The molecular formula is C19H21FN4O5S2. The summed E-state index contributed by atoms with van der Waals surface area (Å²) in [5.74, 6) is -1.66. The fourth-order valence-electron chi connectivity index (χ4n) is 2.79. The Balaban J connectivity index is 2.37. The number of hydrogen-bond acceptors (Lipinski definition) is 7. The molecule has 1 aromatic carbocycles. The second-order valence-corrected chi connectivity index (χ2v) is 7.66. The number of methoxy groups -OCH3 is 1. The zero-order valence-electron chi connectivity index (χ0n) is 17.3. The zero-order chi connectivity index (χ0) is 23.3. The van der Waals surface area contributed by atoms with Gasteiger partial charge in [-0.2, -0.15) is 0 Å². The molecule has 2 N–H and O–H groups in total. The maximum atomic E-state index is 14.0. The van der Waals surface area contributed by atoms with Crippen molar-refractivity contribution in [2.75, 3.05) is 30.8 Å². The Bertz CT molecular complexity index is 1040. The van der Waals surface area contributed by atoms with Crippen molar-refractivity contribution in [2.45, 2.75) is 20.8 Å². The third kappa shape index (κ3) is 5.33. The van der Waals surface area contributed by atoms with Crippen LogP contribution in [0.15, 0.2) is 18.2 Å². The number of non-ortho nitro benzene ring substituents is 1. The fourth-order valence-corrected chi connectivity index (χ4v) is 4.23. The summed E-state index contributed by atoms with van der Waals surface area (Å²) in [5.41, 5.74) is 0.0345. The van der Waals surface area contributed by atoms with E-state index in [1.54, 1.807) is 11.8 Å². The highest BCUT2D eigenvalue weighted by atomic mass is 32.1. The number of anilines is 2. The molecule has 0 bridgehead atoms. The van der Waals surface area contributed by atoms with Gasteiger partial charge in [0, 0.05) is 25.2 Å². The zero-order valence-corrected chi connectivity index (χ0v) is 18.9. The molecule has 0 aliphatic heterocycles. The number of ether oxygens (including phenoxy) is 1. The van der Waals surface area contributed by atoms with E-state index in [1.165, 1.54) is 7.11 Å². The van der Waals surface area contributed by atoms with Crippen molar-refractivity contribution in [3.05, 3.63) is 50.1 Å². The SMILES string of the molecule is CCN(CC)C(=O)c1sc(NC(=S)Nc2cc([N+](=O)[O-])ccc2F)c(C(=O)OC)c1C. The smallest absolute Gasteiger partial charge is 0.341 e. The van der Waals surface area contributed by atoms with Gasteiger partial charge in [-0.15, -0.1) is 11.3 Å². The van der Waals surface area contributed by atoms with E-state index in [0.29, 0.717) is 23.5 Å². The number of halogens is 1. The molecule has 0 radical (unpaired) electrons. The van der Waals surface area contributed by atoms with Gasteiger partial charge in [0.1, 0.15) is 10.8 Å². The summed E-state index contributed by atoms with van der Waals surface area (Å²) in [6.45, 7) is 6.31. The summed E-state index contributed by atoms with van der Waals surface area (Å²) in [5, 5.41) is 16.4. The van der Waals surface area contributed by atoms with Crippen LogP contribution in [0.5, 0.6) is 0 Å². The molecule has 9 nitrogen and oxygen atoms in total. The predicted molar refractivity (Wildman–Crippen MR) is 121 cm³/mol. The second kappa shape index (κ2) is 10.3. The number of nitrogens with zero attached hydrogens (tertiary/aromatic N) is 2. The number of carbonyl (C=O) groups is 2. The first-order chi connectivity index (χ1) is 14.6. The minimum absolute atomic E-state index is 0.118. The quantitative estimate of drug-likeness (QED) is 0.269. The fraction of sp³-hybridized carbons (Fsp3) is 0.316. The van der Waals surface area contributed by atoms with Gasteiger partial charge in [-0.1, -0.05) is 0 Å². The van der Waals surface area contributed by atoms with Crippen molar-refractivity contribution < 1.29 is 23.6 Å². The monoisotopic (exact) mass is 468 g/mol. The third-order valence-corrected chi connectivity index (χ3v) is 5.82. The number of thiophene rings is 1. The molecule has 0 spiro atoms. The molecule has 0 fully saturated rings. The Labute approximate surface area is 187 Å². The van der Waals surface area contributed by atoms with E-state index < -0.39 is 16.7 Å². The summed E-state index contributed by atoms with van der Waals surface area (Å²) in [6.07, 6.45) is 0. The number of thiocarbonyl (C=S) groups is 1. The Morgan fingerprint density at radius 1 is 1.29 bits per heavy atom. The van der Waals surface area contributed by atoms with Crippen LogP contribution >= 0.6 is 23.6 Å². The summed E-state index contributed by atoms with van der Waals surface area (Å²) in [6, 6.07) is 2.97. The van der Waals surface area contributed by atoms with Crippen LogP contribution in [0, 0.1) is 22.9 Å². The number of esters is 1. The highest BCUT2D eigenvalue weighted by Crippen LogP contribution is 2.35. The number of nitro benzene ring substituents is 1. The van der Waals surface area contributed by atoms with E-state index in [4.69, 9.17) is 17.0 Å². The van der Waals surface area contributed by atoms with Crippen LogP contribution in [0.1, 0.15) is 39.4 Å². The lowest BCUT2D eigenvalue weighted by molar-refractivity contribution is -0.384. The lowest BCUT2D eigenvalue weighted by atomic mass is 10.1. The van der Waals surface area contributed by atoms with Gasteiger partial charge in [0.2, 0.25) is 0 Å². The number of amides is 1. The Hall–Kier alpha value is -3.12. The van der Waals surface area contributed by atoms with Crippen LogP contribution in [0.4, 0.5) is 20.8 Å². The Kier molecular flexibility index (Phi) is 8.00. The number of rotatable bonds is 7. The molecule has 1 heterocycles. The molecule has 12 heteroatoms. The maximum absolute atomic E-state index is 14.0. The van der Waals surface area contributed by atoms with E-state index in [2.05, 4.69) is 10.6 Å². The van der Waals surface area contributed by atoms with E-state index in [9.17, 15) is 24.1 Å². The van der Waals surface area contributed by atoms with Gasteiger partial charge in [-0.05, 0) is 44.6 Å². The van der Waals surface area contributed by atoms with Gasteiger partial charge in [0.05, 0.1) is 28.2 Å². The summed E-state index contributed by atoms with van der Waals surface area (Å²) < 4.78 is 18.9. The van der Waals surface area contributed by atoms with E-state index in [0.717, 1.165) is 29.5 Å². The molecule has 31 heavy (non-hydrogen) atoms. The van der Waals surface area contributed by atoms with Gasteiger partial charge in [-0.3, -0.25) is 14.9 Å². The lowest BCUT2D eigenvalue weighted by Crippen LogP contribution is -2.30. The molecule has 0 unspecified atom stereocenters. The molecule has 0 saturated heterocycles. The van der Waals surface area contributed by atoms with Gasteiger partial charge in [0.15, 0.2) is 5.11 Å². The Morgan fingerprint density at radius 2 is 1.94 bits per heavy atom. The molecular weight excluding hydrogens is 447 g/mol. The van der Waals surface area contributed by atoms with Gasteiger partial charge >= 0.3 is 5.97 Å². The summed E-state index contributed by atoms with van der Waals surface area (Å²) in [7, 11) is 1.21. The highest BCUT2D eigenvalue weighted by molar-refractivity contribution is 7.80. The first-order valence-electron chi connectivity index (χ1n) is 9.17. The van der Waals surface area contributed by atoms with Gasteiger partial charge in [-0.25, -0.2) is 9.18 Å². The molecule has 2 aromatic rings. The van der Waals surface area contributed by atoms with Gasteiger partial charge in [0.25, 0.3) is 11.6 Å². The molecule has 1 amide bonds. The van der Waals surface area contributed by atoms with Crippen molar-refractivity contribution in [1.29, 1.82) is 0 Å². The standard InChI is InChI=1S/C19H21FN4O5S2/c1-5-23(6-2)17(25)15-10(3)14(18(26)29-4)16(31-15)22-19(30)21-13-9-11(24(27)28)7-8-12(13)20/h7-9H,5-6H2,1-4H3,(H2,21,22,30). The molecule has 0 aliphatic rings. The van der Waals surface area contributed by atoms with Crippen LogP contribution in [-0.2, 0) is 4.74 Å². The number of nitro groups is 1. The average Bonchev–Trinajstić information content (AvgIpc) is 3.05. The third-order valence-electron chi connectivity index (χ3n) is 4.42. The van der Waals surface area contributed by atoms with E-state index >= 15 is 0 Å². The van der Waals surface area contributed by atoms with E-state index in [1.807, 2.05) is 13.8 Å². The van der Waals surface area contributed by atoms with Crippen LogP contribution in [-0.4, -0.2) is 47.0 Å². The van der Waals surface area contributed by atoms with Crippen LogP contribution in [0.25, 0.3) is 0 Å². The first-order valence-corrected chi connectivity index (χ1v) is 10.4. The van der Waals surface area contributed by atoms with Crippen LogP contribution in [0.3, 0.4) is 0 Å². The van der Waals surface area contributed by atoms with Crippen molar-refractivity contribution >= 4 is 56.9 Å². The largest absolute Gasteiger partial charge is 0.465 e. The number of carbonyl (C=O) groups excluding carboxylic acids is 2. The molecule has 166 valence electrons. The van der Waals surface area contributed by atoms with Crippen LogP contribution in [0.2, 0.25) is 0 Å². The molecule has 1 aromatic heterocycles. The maximum Gasteiger partial charge on any atom is 0.341 e. The minimum atomic E-state index is -0.747. The molecule has 0 saturated carbocycles. The highest BCUT2D eigenvalue weighted by Gasteiger charge is 2.27. The van der Waals surface area contributed by atoms with Crippen molar-refractivity contribution in [3.8, 4) is 0 Å². The van der Waals surface area contributed by atoms with Crippen molar-refractivity contribution in [3.63, 3.8) is 0 Å². The molecule has 0 atom stereocenters. The average molecular weight is 469 g/mol. The number of hydrogen-bond donors (Lipinski definition) is 2. The second-order valence-electron chi connectivity index (χ2n) is 6.23. The minimum Gasteiger partial charge on any atom is -0.465 e. The summed E-state index contributed by atoms with van der Waals surface area (Å²) in [4.78, 5) is 37.4. The topological polar surface area (TPSA) is 114 Å². The molecule has 0 aliphatic carbocycles. The summed E-state index contributed by atoms with van der Waals surface area (Å²) >= 11 is 6.20. The van der Waals surface area contributed by atoms with Crippen molar-refractivity contribution in [1.82, 2.24) is 4.90 Å². The first kappa shape index (κ1) is 24.2. The number of benzene rings is 1. The normalized spacial score (nSPS) is 10.4. The van der Waals surface area contributed by atoms with Crippen LogP contribution < -0.4 is 10.6 Å². The lowest BCUT2D eigenvalue weighted by Gasteiger charge is -2.17. The van der Waals surface area contributed by atoms with Gasteiger partial charge < -0.3 is 20.3 Å². The van der Waals surface area contributed by atoms with Crippen molar-refractivity contribution in [2.24, 2.45) is 0 Å². The number of nitrogens with one attached hydrogen (secondary N) is 2. The predicted octanol–water partition coefficient (Wildman–Crippen LogP) is 4.18.